The number of ether oxygens (including phenoxy) is 3. The number of fused-ring (bicyclic) bond motifs is 4. The van der Waals surface area contributed by atoms with Crippen LogP contribution in [0.1, 0.15) is 22.7 Å². The van der Waals surface area contributed by atoms with Gasteiger partial charge in [-0.1, -0.05) is 12.1 Å². The Morgan fingerprint density at radius 3 is 2.96 bits per heavy atom. The minimum atomic E-state index is 0.183. The van der Waals surface area contributed by atoms with Gasteiger partial charge in [-0.05, 0) is 36.6 Å². The molecular weight excluding hydrogens is 294 g/mol. The first-order valence-electron chi connectivity index (χ1n) is 7.86. The third-order valence-electron chi connectivity index (χ3n) is 5.04. The van der Waals surface area contributed by atoms with Crippen LogP contribution in [-0.4, -0.2) is 25.6 Å². The van der Waals surface area contributed by atoms with Gasteiger partial charge in [0.25, 0.3) is 0 Å². The maximum Gasteiger partial charge on any atom is 0.231 e. The van der Waals surface area contributed by atoms with E-state index in [0.29, 0.717) is 11.5 Å². The molecule has 3 aliphatic rings. The van der Waals surface area contributed by atoms with Gasteiger partial charge in [0.05, 0.1) is 7.11 Å². The molecular formula is C18H17NO4. The molecule has 1 atom stereocenters. The van der Waals surface area contributed by atoms with Gasteiger partial charge in [0.1, 0.15) is 5.75 Å². The number of rotatable bonds is 1. The summed E-state index contributed by atoms with van der Waals surface area (Å²) in [6.45, 7) is 1.09. The molecule has 5 heteroatoms. The Morgan fingerprint density at radius 2 is 2.09 bits per heavy atom. The topological polar surface area (TPSA) is 60.0 Å². The molecule has 5 rings (SSSR count). The van der Waals surface area contributed by atoms with Crippen LogP contribution in [0.5, 0.6) is 23.0 Å². The van der Waals surface area contributed by atoms with Crippen molar-refractivity contribution in [1.82, 2.24) is 5.32 Å². The molecule has 0 fully saturated rings. The first-order valence-corrected chi connectivity index (χ1v) is 7.86. The highest BCUT2D eigenvalue weighted by molar-refractivity contribution is 5.89. The molecule has 2 N–H and O–H groups in total. The Balaban J connectivity index is 1.93. The van der Waals surface area contributed by atoms with Gasteiger partial charge in [-0.15, -0.1) is 0 Å². The van der Waals surface area contributed by atoms with Crippen molar-refractivity contribution in [3.63, 3.8) is 0 Å². The van der Waals surface area contributed by atoms with Crippen LogP contribution in [0.3, 0.4) is 0 Å². The lowest BCUT2D eigenvalue weighted by Crippen LogP contribution is -2.34. The summed E-state index contributed by atoms with van der Waals surface area (Å²) in [6.07, 6.45) is 1.73. The van der Waals surface area contributed by atoms with Gasteiger partial charge in [-0.25, -0.2) is 0 Å². The van der Waals surface area contributed by atoms with E-state index in [1.54, 1.807) is 13.2 Å². The van der Waals surface area contributed by atoms with Crippen LogP contribution in [-0.2, 0) is 12.8 Å². The van der Waals surface area contributed by atoms with Crippen molar-refractivity contribution in [1.29, 1.82) is 0 Å². The van der Waals surface area contributed by atoms with Crippen molar-refractivity contribution in [3.8, 4) is 34.1 Å². The van der Waals surface area contributed by atoms with Crippen LogP contribution in [0, 0.1) is 0 Å². The van der Waals surface area contributed by atoms with Gasteiger partial charge in [0.2, 0.25) is 12.5 Å². The monoisotopic (exact) mass is 311 g/mol. The van der Waals surface area contributed by atoms with Crippen molar-refractivity contribution < 1.29 is 19.3 Å². The van der Waals surface area contributed by atoms with Gasteiger partial charge in [-0.2, -0.15) is 0 Å². The third-order valence-corrected chi connectivity index (χ3v) is 5.04. The highest BCUT2D eigenvalue weighted by Gasteiger charge is 2.39. The van der Waals surface area contributed by atoms with E-state index in [9.17, 15) is 5.11 Å². The predicted molar refractivity (Wildman–Crippen MR) is 84.4 cm³/mol. The van der Waals surface area contributed by atoms with Crippen LogP contribution in [0.15, 0.2) is 18.2 Å². The number of phenolic OH excluding ortho intramolecular Hbond substituents is 1. The smallest absolute Gasteiger partial charge is 0.231 e. The van der Waals surface area contributed by atoms with Crippen molar-refractivity contribution in [2.45, 2.75) is 18.9 Å². The molecule has 0 aromatic heterocycles. The average Bonchev–Trinajstić information content (AvgIpc) is 3.04. The van der Waals surface area contributed by atoms with Crippen molar-refractivity contribution in [3.05, 3.63) is 34.9 Å². The van der Waals surface area contributed by atoms with E-state index in [1.165, 1.54) is 11.1 Å². The Labute approximate surface area is 133 Å². The Morgan fingerprint density at radius 1 is 1.22 bits per heavy atom. The fraction of sp³-hybridized carbons (Fsp3) is 0.333. The molecule has 0 spiro atoms. The van der Waals surface area contributed by atoms with Gasteiger partial charge < -0.3 is 24.6 Å². The van der Waals surface area contributed by atoms with Crippen LogP contribution in [0.25, 0.3) is 11.1 Å². The second-order valence-corrected chi connectivity index (χ2v) is 6.14. The fourth-order valence-electron chi connectivity index (χ4n) is 4.18. The minimum Gasteiger partial charge on any atom is -0.507 e. The second kappa shape index (κ2) is 4.55. The van der Waals surface area contributed by atoms with Crippen molar-refractivity contribution in [2.24, 2.45) is 0 Å². The van der Waals surface area contributed by atoms with Crippen LogP contribution in [0.2, 0.25) is 0 Å². The zero-order valence-electron chi connectivity index (χ0n) is 12.8. The Hall–Kier alpha value is -2.40. The second-order valence-electron chi connectivity index (χ2n) is 6.14. The maximum absolute atomic E-state index is 10.5. The minimum absolute atomic E-state index is 0.183. The Kier molecular flexibility index (Phi) is 2.59. The standard InChI is InChI=1S/C18H17NO4/c1-21-16-10-5-6-19-11-7-9-3-2-4-12(20)13(9)15(14(10)11)17-18(16)23-8-22-17/h2-4,11,19-20H,5-8H2,1H3/t11-/m1/s1. The largest absolute Gasteiger partial charge is 0.507 e. The number of aromatic hydroxyl groups is 1. The van der Waals surface area contributed by atoms with Crippen LogP contribution < -0.4 is 19.5 Å². The van der Waals surface area contributed by atoms with Gasteiger partial charge in [-0.3, -0.25) is 0 Å². The molecule has 118 valence electrons. The first-order chi connectivity index (χ1) is 11.3. The molecule has 2 aromatic rings. The maximum atomic E-state index is 10.5. The lowest BCUT2D eigenvalue weighted by molar-refractivity contribution is 0.171. The van der Waals surface area contributed by atoms with Gasteiger partial charge in [0.15, 0.2) is 11.5 Å². The summed E-state index contributed by atoms with van der Waals surface area (Å²) in [5, 5.41) is 14.1. The molecule has 1 aliphatic carbocycles. The normalized spacial score (nSPS) is 20.0. The summed E-state index contributed by atoms with van der Waals surface area (Å²) in [7, 11) is 1.67. The van der Waals surface area contributed by atoms with Crippen molar-refractivity contribution in [2.75, 3.05) is 20.4 Å². The quantitative estimate of drug-likeness (QED) is 0.847. The predicted octanol–water partition coefficient (Wildman–Crippen LogP) is 2.54. The molecule has 0 amide bonds. The molecule has 5 nitrogen and oxygen atoms in total. The molecule has 2 aromatic carbocycles. The highest BCUT2D eigenvalue weighted by Crippen LogP contribution is 2.58. The summed E-state index contributed by atoms with van der Waals surface area (Å²) in [5.41, 5.74) is 5.32. The van der Waals surface area contributed by atoms with E-state index in [0.717, 1.165) is 41.8 Å². The number of hydrogen-bond acceptors (Lipinski definition) is 5. The SMILES string of the molecule is COc1c2c3c(c4c1OCO4)-c1c(O)cccc1C[C@H]3NCC2. The summed E-state index contributed by atoms with van der Waals surface area (Å²) < 4.78 is 17.1. The summed E-state index contributed by atoms with van der Waals surface area (Å²) in [5.74, 6) is 2.42. The average molecular weight is 311 g/mol. The zero-order valence-corrected chi connectivity index (χ0v) is 12.8. The number of methoxy groups -OCH3 is 1. The van der Waals surface area contributed by atoms with Crippen LogP contribution in [0.4, 0.5) is 0 Å². The number of nitrogens with one attached hydrogen (secondary N) is 1. The van der Waals surface area contributed by atoms with E-state index in [2.05, 4.69) is 11.4 Å². The van der Waals surface area contributed by atoms with E-state index < -0.39 is 0 Å². The molecule has 0 saturated heterocycles. The summed E-state index contributed by atoms with van der Waals surface area (Å²) in [6, 6.07) is 5.91. The van der Waals surface area contributed by atoms with E-state index in [-0.39, 0.29) is 18.6 Å². The summed E-state index contributed by atoms with van der Waals surface area (Å²) >= 11 is 0. The first kappa shape index (κ1) is 13.1. The number of phenols is 1. The number of benzene rings is 2. The molecule has 0 saturated carbocycles. The third kappa shape index (κ3) is 1.60. The lowest BCUT2D eigenvalue weighted by atomic mass is 9.76. The molecule has 0 unspecified atom stereocenters. The highest BCUT2D eigenvalue weighted by atomic mass is 16.7. The van der Waals surface area contributed by atoms with Crippen LogP contribution >= 0.6 is 0 Å². The Bertz CT molecular complexity index is 831. The number of hydrogen-bond donors (Lipinski definition) is 2. The van der Waals surface area contributed by atoms with E-state index in [4.69, 9.17) is 14.2 Å². The fourth-order valence-corrected chi connectivity index (χ4v) is 4.18. The summed E-state index contributed by atoms with van der Waals surface area (Å²) in [4.78, 5) is 0. The molecule has 2 aliphatic heterocycles. The molecule has 0 bridgehead atoms. The van der Waals surface area contributed by atoms with Crippen molar-refractivity contribution >= 4 is 0 Å². The zero-order chi connectivity index (χ0) is 15.6. The van der Waals surface area contributed by atoms with Gasteiger partial charge >= 0.3 is 0 Å². The molecule has 0 radical (unpaired) electrons. The molecule has 2 heterocycles. The molecule has 23 heavy (non-hydrogen) atoms. The lowest BCUT2D eigenvalue weighted by Gasteiger charge is -2.35. The van der Waals surface area contributed by atoms with E-state index >= 15 is 0 Å². The van der Waals surface area contributed by atoms with Gasteiger partial charge in [0, 0.05) is 22.7 Å². The van der Waals surface area contributed by atoms with E-state index in [1.807, 2.05) is 6.07 Å².